The van der Waals surface area contributed by atoms with Crippen molar-refractivity contribution in [2.45, 2.75) is 44.8 Å². The van der Waals surface area contributed by atoms with E-state index in [-0.39, 0.29) is 18.9 Å². The molecular weight excluding hydrogens is 384 g/mol. The Labute approximate surface area is 167 Å². The molecule has 8 N–H and O–H groups in total. The van der Waals surface area contributed by atoms with E-state index in [4.69, 9.17) is 5.73 Å². The minimum atomic E-state index is -1.31. The van der Waals surface area contributed by atoms with Crippen LogP contribution in [0.25, 0.3) is 0 Å². The number of aliphatic hydroxyl groups is 1. The molecule has 0 fully saturated rings. The monoisotopic (exact) mass is 412 g/mol. The van der Waals surface area contributed by atoms with Gasteiger partial charge in [-0.15, -0.1) is 0 Å². The predicted molar refractivity (Wildman–Crippen MR) is 101 cm³/mol. The number of nitrogens with zero attached hydrogens (tertiary/aromatic N) is 1. The standard InChI is InChI=1S/C17H28N6O6/c1-3-9(2)14(17(28)29)23-15(26)11(4-10-6-19-8-20-10)22-16(27)12(7-24)21-13(25)5-18/h6,8-9,11-12,14,24H,3-5,7,18H2,1-2H3,(H,19,20)(H,21,25)(H,22,27)(H,23,26)(H,28,29). The number of hydrogen-bond acceptors (Lipinski definition) is 7. The summed E-state index contributed by atoms with van der Waals surface area (Å²) >= 11 is 0. The number of imidazole rings is 1. The highest BCUT2D eigenvalue weighted by Gasteiger charge is 2.31. The second kappa shape index (κ2) is 11.8. The van der Waals surface area contributed by atoms with Crippen LogP contribution in [0.2, 0.25) is 0 Å². The van der Waals surface area contributed by atoms with Crippen LogP contribution in [0.5, 0.6) is 0 Å². The molecule has 4 atom stereocenters. The van der Waals surface area contributed by atoms with Crippen LogP contribution in [0.15, 0.2) is 12.5 Å². The van der Waals surface area contributed by atoms with Gasteiger partial charge in [-0.2, -0.15) is 0 Å². The van der Waals surface area contributed by atoms with Gasteiger partial charge in [-0.25, -0.2) is 9.78 Å². The van der Waals surface area contributed by atoms with E-state index in [1.54, 1.807) is 13.8 Å². The zero-order valence-corrected chi connectivity index (χ0v) is 16.3. The number of carboxylic acids is 1. The Morgan fingerprint density at radius 1 is 1.17 bits per heavy atom. The summed E-state index contributed by atoms with van der Waals surface area (Å²) in [6, 6.07) is -3.62. The molecule has 29 heavy (non-hydrogen) atoms. The van der Waals surface area contributed by atoms with Gasteiger partial charge >= 0.3 is 5.97 Å². The van der Waals surface area contributed by atoms with Crippen molar-refractivity contribution in [2.75, 3.05) is 13.2 Å². The first-order valence-corrected chi connectivity index (χ1v) is 9.14. The Hall–Kier alpha value is -2.99. The Morgan fingerprint density at radius 2 is 1.83 bits per heavy atom. The van der Waals surface area contributed by atoms with Crippen LogP contribution in [-0.2, 0) is 25.6 Å². The number of amides is 3. The summed E-state index contributed by atoms with van der Waals surface area (Å²) in [5.74, 6) is -3.72. The summed E-state index contributed by atoms with van der Waals surface area (Å²) in [6.45, 7) is 2.39. The van der Waals surface area contributed by atoms with Gasteiger partial charge in [0.1, 0.15) is 18.1 Å². The Morgan fingerprint density at radius 3 is 2.31 bits per heavy atom. The summed E-state index contributed by atoms with van der Waals surface area (Å²) in [4.78, 5) is 54.7. The molecule has 0 bridgehead atoms. The van der Waals surface area contributed by atoms with E-state index in [0.717, 1.165) is 0 Å². The van der Waals surface area contributed by atoms with Gasteiger partial charge in [0.2, 0.25) is 17.7 Å². The molecule has 0 aliphatic rings. The summed E-state index contributed by atoms with van der Waals surface area (Å²) in [7, 11) is 0. The molecule has 0 aliphatic carbocycles. The van der Waals surface area contributed by atoms with E-state index < -0.39 is 48.4 Å². The lowest BCUT2D eigenvalue weighted by molar-refractivity contribution is -0.143. The molecule has 0 spiro atoms. The number of aliphatic carboxylic acids is 1. The molecule has 162 valence electrons. The minimum absolute atomic E-state index is 0.00655. The largest absolute Gasteiger partial charge is 0.480 e. The molecule has 12 heteroatoms. The van der Waals surface area contributed by atoms with Crippen LogP contribution in [0.1, 0.15) is 26.0 Å². The highest BCUT2D eigenvalue weighted by Crippen LogP contribution is 2.09. The molecular formula is C17H28N6O6. The van der Waals surface area contributed by atoms with E-state index in [1.807, 2.05) is 0 Å². The Bertz CT molecular complexity index is 695. The first-order chi connectivity index (χ1) is 13.7. The number of aromatic nitrogens is 2. The number of carbonyl (C=O) groups is 4. The molecule has 1 aromatic heterocycles. The number of nitrogens with one attached hydrogen (secondary N) is 4. The van der Waals surface area contributed by atoms with Crippen molar-refractivity contribution in [1.29, 1.82) is 0 Å². The fourth-order valence-electron chi connectivity index (χ4n) is 2.48. The van der Waals surface area contributed by atoms with E-state index in [0.29, 0.717) is 12.1 Å². The molecule has 0 aliphatic heterocycles. The summed E-state index contributed by atoms with van der Waals surface area (Å²) < 4.78 is 0. The van der Waals surface area contributed by atoms with Crippen molar-refractivity contribution in [3.8, 4) is 0 Å². The van der Waals surface area contributed by atoms with Gasteiger partial charge in [-0.3, -0.25) is 14.4 Å². The lowest BCUT2D eigenvalue weighted by atomic mass is 9.98. The van der Waals surface area contributed by atoms with Crippen molar-refractivity contribution in [2.24, 2.45) is 11.7 Å². The molecule has 0 aromatic carbocycles. The molecule has 1 aromatic rings. The summed E-state index contributed by atoms with van der Waals surface area (Å²) in [5.41, 5.74) is 5.70. The smallest absolute Gasteiger partial charge is 0.326 e. The van der Waals surface area contributed by atoms with Crippen molar-refractivity contribution in [3.63, 3.8) is 0 Å². The second-order valence-electron chi connectivity index (χ2n) is 6.56. The first kappa shape index (κ1) is 24.0. The molecule has 4 unspecified atom stereocenters. The number of aliphatic hydroxyl groups excluding tert-OH is 1. The van der Waals surface area contributed by atoms with Crippen molar-refractivity contribution in [1.82, 2.24) is 25.9 Å². The third kappa shape index (κ3) is 7.50. The number of aromatic amines is 1. The SMILES string of the molecule is CCC(C)C(NC(=O)C(Cc1cnc[nH]1)NC(=O)C(CO)NC(=O)CN)C(=O)O. The van der Waals surface area contributed by atoms with E-state index in [9.17, 15) is 29.4 Å². The van der Waals surface area contributed by atoms with E-state index in [1.165, 1.54) is 12.5 Å². The summed E-state index contributed by atoms with van der Waals surface area (Å²) in [5, 5.41) is 25.8. The Kier molecular flexibility index (Phi) is 9.75. The lowest BCUT2D eigenvalue weighted by Crippen LogP contribution is -2.58. The van der Waals surface area contributed by atoms with Gasteiger partial charge in [0.25, 0.3) is 0 Å². The average Bonchev–Trinajstić information content (AvgIpc) is 3.21. The number of carboxylic acid groups (broad SMARTS) is 1. The van der Waals surface area contributed by atoms with E-state index in [2.05, 4.69) is 25.9 Å². The van der Waals surface area contributed by atoms with Crippen molar-refractivity contribution < 1.29 is 29.4 Å². The minimum Gasteiger partial charge on any atom is -0.480 e. The highest BCUT2D eigenvalue weighted by molar-refractivity contribution is 5.93. The number of rotatable bonds is 12. The molecule has 0 saturated carbocycles. The van der Waals surface area contributed by atoms with Gasteiger partial charge in [0, 0.05) is 18.3 Å². The predicted octanol–water partition coefficient (Wildman–Crippen LogP) is -2.51. The fourth-order valence-corrected chi connectivity index (χ4v) is 2.48. The Balaban J connectivity index is 2.97. The van der Waals surface area contributed by atoms with Crippen molar-refractivity contribution >= 4 is 23.7 Å². The van der Waals surface area contributed by atoms with Crippen molar-refractivity contribution in [3.05, 3.63) is 18.2 Å². The molecule has 12 nitrogen and oxygen atoms in total. The fraction of sp³-hybridized carbons (Fsp3) is 0.588. The topological polar surface area (TPSA) is 200 Å². The third-order valence-corrected chi connectivity index (χ3v) is 4.41. The van der Waals surface area contributed by atoms with Gasteiger partial charge < -0.3 is 36.9 Å². The maximum atomic E-state index is 12.7. The number of nitrogens with two attached hydrogens (primary N) is 1. The molecule has 0 radical (unpaired) electrons. The van der Waals surface area contributed by atoms with Crippen LogP contribution in [0.4, 0.5) is 0 Å². The lowest BCUT2D eigenvalue weighted by Gasteiger charge is -2.25. The zero-order chi connectivity index (χ0) is 22.0. The number of carbonyl (C=O) groups excluding carboxylic acids is 3. The van der Waals surface area contributed by atoms with E-state index >= 15 is 0 Å². The van der Waals surface area contributed by atoms with Crippen LogP contribution >= 0.6 is 0 Å². The molecule has 1 rings (SSSR count). The van der Waals surface area contributed by atoms with Gasteiger partial charge in [0.15, 0.2) is 0 Å². The van der Waals surface area contributed by atoms with Crippen LogP contribution in [0.3, 0.4) is 0 Å². The van der Waals surface area contributed by atoms with Gasteiger partial charge in [-0.05, 0) is 5.92 Å². The number of hydrogen-bond donors (Lipinski definition) is 7. The van der Waals surface area contributed by atoms with Crippen LogP contribution < -0.4 is 21.7 Å². The van der Waals surface area contributed by atoms with Gasteiger partial charge in [-0.1, -0.05) is 20.3 Å². The second-order valence-corrected chi connectivity index (χ2v) is 6.56. The highest BCUT2D eigenvalue weighted by atomic mass is 16.4. The number of H-pyrrole nitrogens is 1. The normalized spacial score (nSPS) is 14.9. The van der Waals surface area contributed by atoms with Gasteiger partial charge in [0.05, 0.1) is 19.5 Å². The first-order valence-electron chi connectivity index (χ1n) is 9.14. The molecule has 1 heterocycles. The maximum Gasteiger partial charge on any atom is 0.326 e. The zero-order valence-electron chi connectivity index (χ0n) is 16.3. The third-order valence-electron chi connectivity index (χ3n) is 4.41. The maximum absolute atomic E-state index is 12.7. The average molecular weight is 412 g/mol. The summed E-state index contributed by atoms with van der Waals surface area (Å²) in [6.07, 6.45) is 3.36. The van der Waals surface area contributed by atoms with Crippen LogP contribution in [0, 0.1) is 5.92 Å². The molecule has 0 saturated heterocycles. The quantitative estimate of drug-likeness (QED) is 0.195. The van der Waals surface area contributed by atoms with Crippen LogP contribution in [-0.4, -0.2) is 75.1 Å². The molecule has 3 amide bonds.